The van der Waals surface area contributed by atoms with Gasteiger partial charge in [0, 0.05) is 13.1 Å². The monoisotopic (exact) mass is 293 g/mol. The van der Waals surface area contributed by atoms with Gasteiger partial charge in [-0.1, -0.05) is 0 Å². The van der Waals surface area contributed by atoms with Crippen LogP contribution in [0, 0.1) is 6.92 Å². The van der Waals surface area contributed by atoms with E-state index in [0.29, 0.717) is 11.5 Å². The van der Waals surface area contributed by atoms with E-state index in [2.05, 4.69) is 28.7 Å². The van der Waals surface area contributed by atoms with Gasteiger partial charge in [-0.3, -0.25) is 0 Å². The van der Waals surface area contributed by atoms with Gasteiger partial charge in [-0.2, -0.15) is 0 Å². The summed E-state index contributed by atoms with van der Waals surface area (Å²) < 4.78 is 5.10. The van der Waals surface area contributed by atoms with E-state index in [1.54, 1.807) is 6.33 Å². The van der Waals surface area contributed by atoms with Crippen molar-refractivity contribution in [3.8, 4) is 0 Å². The number of aryl methyl sites for hydroxylation is 1. The van der Waals surface area contributed by atoms with Crippen molar-refractivity contribution in [1.29, 1.82) is 0 Å². The minimum atomic E-state index is -0.279. The highest BCUT2D eigenvalue weighted by atomic mass is 32.1. The summed E-state index contributed by atoms with van der Waals surface area (Å²) in [4.78, 5) is 24.3. The Labute approximate surface area is 122 Å². The molecule has 0 aliphatic rings. The predicted molar refractivity (Wildman–Crippen MR) is 81.7 cm³/mol. The molecule has 20 heavy (non-hydrogen) atoms. The van der Waals surface area contributed by atoms with Crippen LogP contribution in [0.25, 0.3) is 10.2 Å². The van der Waals surface area contributed by atoms with Crippen molar-refractivity contribution >= 4 is 33.3 Å². The van der Waals surface area contributed by atoms with Crippen molar-refractivity contribution in [2.45, 2.75) is 27.7 Å². The maximum absolute atomic E-state index is 12.0. The minimum Gasteiger partial charge on any atom is -0.462 e. The minimum absolute atomic E-state index is 0.279. The Morgan fingerprint density at radius 2 is 2.00 bits per heavy atom. The number of nitrogens with zero attached hydrogens (tertiary/aromatic N) is 3. The molecule has 2 aromatic heterocycles. The first-order valence-electron chi connectivity index (χ1n) is 6.80. The normalized spacial score (nSPS) is 10.8. The lowest BCUT2D eigenvalue weighted by molar-refractivity contribution is 0.0531. The van der Waals surface area contributed by atoms with Crippen LogP contribution in [-0.2, 0) is 4.74 Å². The smallest absolute Gasteiger partial charge is 0.348 e. The number of fused-ring (bicyclic) bond motifs is 1. The van der Waals surface area contributed by atoms with Crippen LogP contribution in [0.5, 0.6) is 0 Å². The van der Waals surface area contributed by atoms with Crippen molar-refractivity contribution < 1.29 is 9.53 Å². The molecule has 0 radical (unpaired) electrons. The van der Waals surface area contributed by atoms with E-state index in [-0.39, 0.29) is 5.97 Å². The first-order valence-corrected chi connectivity index (χ1v) is 7.61. The fraction of sp³-hybridized carbons (Fsp3) is 0.500. The number of carbonyl (C=O) groups excluding carboxylic acids is 1. The average Bonchev–Trinajstić information content (AvgIpc) is 2.79. The molecule has 108 valence electrons. The first-order chi connectivity index (χ1) is 9.63. The molecule has 0 saturated carbocycles. The summed E-state index contributed by atoms with van der Waals surface area (Å²) in [6.07, 6.45) is 1.56. The van der Waals surface area contributed by atoms with Gasteiger partial charge < -0.3 is 9.64 Å². The number of thiophene rings is 1. The van der Waals surface area contributed by atoms with E-state index in [1.807, 2.05) is 13.8 Å². The number of hydrogen-bond acceptors (Lipinski definition) is 6. The largest absolute Gasteiger partial charge is 0.462 e. The number of ether oxygens (including phenoxy) is 1. The van der Waals surface area contributed by atoms with E-state index in [1.165, 1.54) is 11.3 Å². The standard InChI is InChI=1S/C14H19N3O2S/c1-5-17(6-2)12-10-9(4)11(14(18)19-7-3)20-13(10)16-8-15-12/h8H,5-7H2,1-4H3. The van der Waals surface area contributed by atoms with Gasteiger partial charge in [-0.05, 0) is 33.3 Å². The summed E-state index contributed by atoms with van der Waals surface area (Å²) in [6, 6.07) is 0. The van der Waals surface area contributed by atoms with Gasteiger partial charge in [0.05, 0.1) is 12.0 Å². The third kappa shape index (κ3) is 2.47. The van der Waals surface area contributed by atoms with E-state index < -0.39 is 0 Å². The Bertz CT molecular complexity index is 620. The molecule has 2 aromatic rings. The van der Waals surface area contributed by atoms with Crippen LogP contribution in [0.15, 0.2) is 6.33 Å². The van der Waals surface area contributed by atoms with Gasteiger partial charge >= 0.3 is 5.97 Å². The molecule has 6 heteroatoms. The van der Waals surface area contributed by atoms with Crippen LogP contribution in [0.4, 0.5) is 5.82 Å². The van der Waals surface area contributed by atoms with Crippen molar-refractivity contribution in [3.05, 3.63) is 16.8 Å². The highest BCUT2D eigenvalue weighted by Crippen LogP contribution is 2.35. The lowest BCUT2D eigenvalue weighted by Gasteiger charge is -2.20. The van der Waals surface area contributed by atoms with Gasteiger partial charge in [-0.25, -0.2) is 14.8 Å². The topological polar surface area (TPSA) is 55.3 Å². The van der Waals surface area contributed by atoms with Gasteiger partial charge in [-0.15, -0.1) is 11.3 Å². The Morgan fingerprint density at radius 1 is 1.30 bits per heavy atom. The van der Waals surface area contributed by atoms with Crippen LogP contribution >= 0.6 is 11.3 Å². The first kappa shape index (κ1) is 14.7. The number of rotatable bonds is 5. The SMILES string of the molecule is CCOC(=O)c1sc2ncnc(N(CC)CC)c2c1C. The zero-order chi connectivity index (χ0) is 14.7. The van der Waals surface area contributed by atoms with Gasteiger partial charge in [0.2, 0.25) is 0 Å². The Hall–Kier alpha value is -1.69. The molecule has 0 fully saturated rings. The second-order valence-electron chi connectivity index (χ2n) is 4.33. The lowest BCUT2D eigenvalue weighted by atomic mass is 10.2. The van der Waals surface area contributed by atoms with Crippen molar-refractivity contribution in [1.82, 2.24) is 9.97 Å². The molecule has 0 saturated heterocycles. The highest BCUT2D eigenvalue weighted by Gasteiger charge is 2.21. The number of hydrogen-bond donors (Lipinski definition) is 0. The fourth-order valence-electron chi connectivity index (χ4n) is 2.21. The maximum Gasteiger partial charge on any atom is 0.348 e. The molecule has 0 bridgehead atoms. The van der Waals surface area contributed by atoms with Crippen molar-refractivity contribution in [2.24, 2.45) is 0 Å². The second-order valence-corrected chi connectivity index (χ2v) is 5.33. The van der Waals surface area contributed by atoms with E-state index in [9.17, 15) is 4.79 Å². The van der Waals surface area contributed by atoms with Gasteiger partial charge in [0.1, 0.15) is 21.9 Å². The number of carbonyl (C=O) groups is 1. The molecule has 5 nitrogen and oxygen atoms in total. The lowest BCUT2D eigenvalue weighted by Crippen LogP contribution is -2.23. The molecule has 0 aliphatic heterocycles. The summed E-state index contributed by atoms with van der Waals surface area (Å²) in [5.74, 6) is 0.614. The van der Waals surface area contributed by atoms with Crippen LogP contribution in [0.2, 0.25) is 0 Å². The summed E-state index contributed by atoms with van der Waals surface area (Å²) in [6.45, 7) is 10.0. The number of esters is 1. The molecule has 0 unspecified atom stereocenters. The maximum atomic E-state index is 12.0. The van der Waals surface area contributed by atoms with E-state index in [4.69, 9.17) is 4.74 Å². The molecule has 2 heterocycles. The summed E-state index contributed by atoms with van der Waals surface area (Å²) in [5, 5.41) is 0.962. The summed E-state index contributed by atoms with van der Waals surface area (Å²) in [7, 11) is 0. The molecule has 0 aromatic carbocycles. The fourth-order valence-corrected chi connectivity index (χ4v) is 3.24. The second kappa shape index (κ2) is 6.17. The molecule has 0 amide bonds. The Morgan fingerprint density at radius 3 is 2.60 bits per heavy atom. The van der Waals surface area contributed by atoms with Crippen LogP contribution < -0.4 is 4.90 Å². The summed E-state index contributed by atoms with van der Waals surface area (Å²) >= 11 is 1.37. The molecule has 0 N–H and O–H groups in total. The summed E-state index contributed by atoms with van der Waals surface area (Å²) in [5.41, 5.74) is 0.908. The predicted octanol–water partition coefficient (Wildman–Crippen LogP) is 3.02. The van der Waals surface area contributed by atoms with E-state index in [0.717, 1.165) is 34.7 Å². The van der Waals surface area contributed by atoms with Gasteiger partial charge in [0.15, 0.2) is 0 Å². The third-order valence-electron chi connectivity index (χ3n) is 3.23. The van der Waals surface area contributed by atoms with Gasteiger partial charge in [0.25, 0.3) is 0 Å². The average molecular weight is 293 g/mol. The molecular formula is C14H19N3O2S. The van der Waals surface area contributed by atoms with Crippen LogP contribution in [0.3, 0.4) is 0 Å². The number of anilines is 1. The van der Waals surface area contributed by atoms with Crippen LogP contribution in [-0.4, -0.2) is 35.6 Å². The van der Waals surface area contributed by atoms with Crippen molar-refractivity contribution in [2.75, 3.05) is 24.6 Å². The number of aromatic nitrogens is 2. The quantitative estimate of drug-likeness (QED) is 0.793. The third-order valence-corrected chi connectivity index (χ3v) is 4.41. The zero-order valence-corrected chi connectivity index (χ0v) is 13.1. The van der Waals surface area contributed by atoms with Crippen LogP contribution in [0.1, 0.15) is 36.0 Å². The van der Waals surface area contributed by atoms with Crippen molar-refractivity contribution in [3.63, 3.8) is 0 Å². The Balaban J connectivity index is 2.60. The molecule has 2 rings (SSSR count). The Kier molecular flexibility index (Phi) is 4.54. The van der Waals surface area contributed by atoms with E-state index >= 15 is 0 Å². The molecule has 0 spiro atoms. The molecule has 0 atom stereocenters. The molecule has 0 aliphatic carbocycles. The highest BCUT2D eigenvalue weighted by molar-refractivity contribution is 7.20. The zero-order valence-electron chi connectivity index (χ0n) is 12.3. The molecular weight excluding hydrogens is 274 g/mol.